The molecule has 0 aromatic heterocycles. The largest absolute Gasteiger partial charge is 0.508 e. The molecule has 2 N–H and O–H groups in total. The Hall–Kier alpha value is -1.51. The summed E-state index contributed by atoms with van der Waals surface area (Å²) in [4.78, 5) is 11.2. The monoisotopic (exact) mass is 163 g/mol. The third-order valence-electron chi connectivity index (χ3n) is 2.09. The van der Waals surface area contributed by atoms with E-state index in [2.05, 4.69) is 5.32 Å². The number of phenolic OH excluding ortho intramolecular Hbond substituents is 1. The summed E-state index contributed by atoms with van der Waals surface area (Å²) >= 11 is 0. The van der Waals surface area contributed by atoms with Crippen molar-refractivity contribution in [2.24, 2.45) is 0 Å². The van der Waals surface area contributed by atoms with E-state index in [1.54, 1.807) is 12.1 Å². The first-order valence-electron chi connectivity index (χ1n) is 3.82. The molecule has 1 aromatic carbocycles. The van der Waals surface area contributed by atoms with Gasteiger partial charge in [-0.2, -0.15) is 0 Å². The van der Waals surface area contributed by atoms with Crippen LogP contribution in [0.3, 0.4) is 0 Å². The molecule has 1 atom stereocenters. The Kier molecular flexibility index (Phi) is 1.33. The van der Waals surface area contributed by atoms with Gasteiger partial charge in [-0.25, -0.2) is 0 Å². The quantitative estimate of drug-likeness (QED) is 0.603. The van der Waals surface area contributed by atoms with E-state index in [9.17, 15) is 4.79 Å². The zero-order chi connectivity index (χ0) is 8.72. The molecule has 1 aliphatic heterocycles. The number of carbonyl (C=O) groups is 1. The van der Waals surface area contributed by atoms with Gasteiger partial charge in [-0.1, -0.05) is 0 Å². The molecular formula is C9H9NO2. The van der Waals surface area contributed by atoms with E-state index in [-0.39, 0.29) is 17.7 Å². The van der Waals surface area contributed by atoms with E-state index in [1.807, 2.05) is 6.92 Å². The molecule has 1 aliphatic rings. The van der Waals surface area contributed by atoms with Gasteiger partial charge >= 0.3 is 0 Å². The highest BCUT2D eigenvalue weighted by molar-refractivity contribution is 5.99. The number of carbonyl (C=O) groups excluding carboxylic acids is 1. The number of hydrogen-bond acceptors (Lipinski definition) is 2. The summed E-state index contributed by atoms with van der Waals surface area (Å²) in [5.74, 6) is 0.148. The zero-order valence-corrected chi connectivity index (χ0v) is 6.66. The molecular weight excluding hydrogens is 154 g/mol. The molecule has 0 bridgehead atoms. The maximum Gasteiger partial charge on any atom is 0.252 e. The summed E-state index contributed by atoms with van der Waals surface area (Å²) in [7, 11) is 0. The molecule has 12 heavy (non-hydrogen) atoms. The maximum absolute atomic E-state index is 11.2. The van der Waals surface area contributed by atoms with Crippen molar-refractivity contribution < 1.29 is 9.90 Å². The highest BCUT2D eigenvalue weighted by Crippen LogP contribution is 2.27. The van der Waals surface area contributed by atoms with Crippen LogP contribution in [0, 0.1) is 0 Å². The van der Waals surface area contributed by atoms with E-state index in [1.165, 1.54) is 6.07 Å². The first-order chi connectivity index (χ1) is 5.68. The number of nitrogens with one attached hydrogen (secondary N) is 1. The van der Waals surface area contributed by atoms with Crippen LogP contribution in [0.25, 0.3) is 0 Å². The molecule has 1 amide bonds. The van der Waals surface area contributed by atoms with Gasteiger partial charge in [0.2, 0.25) is 0 Å². The second-order valence-electron chi connectivity index (χ2n) is 2.97. The van der Waals surface area contributed by atoms with Crippen LogP contribution in [-0.2, 0) is 0 Å². The number of fused-ring (bicyclic) bond motifs is 1. The molecule has 0 fully saturated rings. The minimum Gasteiger partial charge on any atom is -0.508 e. The van der Waals surface area contributed by atoms with Gasteiger partial charge in [-0.05, 0) is 30.7 Å². The van der Waals surface area contributed by atoms with Crippen molar-refractivity contribution in [1.29, 1.82) is 0 Å². The first-order valence-corrected chi connectivity index (χ1v) is 3.82. The van der Waals surface area contributed by atoms with E-state index >= 15 is 0 Å². The number of rotatable bonds is 0. The fourth-order valence-corrected chi connectivity index (χ4v) is 1.47. The van der Waals surface area contributed by atoms with Gasteiger partial charge in [0, 0.05) is 5.56 Å². The molecule has 62 valence electrons. The van der Waals surface area contributed by atoms with Crippen LogP contribution in [-0.4, -0.2) is 11.0 Å². The van der Waals surface area contributed by atoms with Gasteiger partial charge in [0.25, 0.3) is 5.91 Å². The molecule has 2 rings (SSSR count). The second-order valence-corrected chi connectivity index (χ2v) is 2.97. The van der Waals surface area contributed by atoms with Crippen LogP contribution in [0.2, 0.25) is 0 Å². The SMILES string of the molecule is CC1NC(=O)c2ccc(O)cc21. The summed E-state index contributed by atoms with van der Waals surface area (Å²) in [5, 5.41) is 11.9. The number of hydrogen-bond donors (Lipinski definition) is 2. The Balaban J connectivity index is 2.60. The minimum absolute atomic E-state index is 0.0135. The molecule has 0 aliphatic carbocycles. The molecule has 1 unspecified atom stereocenters. The predicted molar refractivity (Wildman–Crippen MR) is 44.0 cm³/mol. The highest BCUT2D eigenvalue weighted by atomic mass is 16.3. The highest BCUT2D eigenvalue weighted by Gasteiger charge is 2.24. The molecule has 3 heteroatoms. The zero-order valence-electron chi connectivity index (χ0n) is 6.66. The number of benzene rings is 1. The van der Waals surface area contributed by atoms with Crippen molar-refractivity contribution in [2.45, 2.75) is 13.0 Å². The van der Waals surface area contributed by atoms with Crippen LogP contribution in [0.5, 0.6) is 5.75 Å². The van der Waals surface area contributed by atoms with Crippen molar-refractivity contribution in [3.8, 4) is 5.75 Å². The fourth-order valence-electron chi connectivity index (χ4n) is 1.47. The Morgan fingerprint density at radius 3 is 3.00 bits per heavy atom. The molecule has 3 nitrogen and oxygen atoms in total. The molecule has 1 heterocycles. The van der Waals surface area contributed by atoms with Gasteiger partial charge in [0.1, 0.15) is 5.75 Å². The summed E-state index contributed by atoms with van der Waals surface area (Å²) in [6.45, 7) is 1.89. The van der Waals surface area contributed by atoms with Gasteiger partial charge in [-0.3, -0.25) is 4.79 Å². The van der Waals surface area contributed by atoms with Crippen molar-refractivity contribution in [3.63, 3.8) is 0 Å². The van der Waals surface area contributed by atoms with Crippen LogP contribution in [0.15, 0.2) is 18.2 Å². The number of amides is 1. The second kappa shape index (κ2) is 2.24. The standard InChI is InChI=1S/C9H9NO2/c1-5-8-4-6(11)2-3-7(8)9(12)10-5/h2-5,11H,1H3,(H,10,12). The predicted octanol–water partition coefficient (Wildman–Crippen LogP) is 1.20. The number of phenols is 1. The summed E-state index contributed by atoms with van der Waals surface area (Å²) < 4.78 is 0. The van der Waals surface area contributed by atoms with E-state index in [4.69, 9.17) is 5.11 Å². The number of aromatic hydroxyl groups is 1. The summed E-state index contributed by atoms with van der Waals surface area (Å²) in [6.07, 6.45) is 0. The van der Waals surface area contributed by atoms with E-state index < -0.39 is 0 Å². The lowest BCUT2D eigenvalue weighted by Crippen LogP contribution is -2.16. The van der Waals surface area contributed by atoms with E-state index in [0.717, 1.165) is 5.56 Å². The van der Waals surface area contributed by atoms with Crippen LogP contribution < -0.4 is 5.32 Å². The van der Waals surface area contributed by atoms with Gasteiger partial charge < -0.3 is 10.4 Å². The third-order valence-corrected chi connectivity index (χ3v) is 2.09. The van der Waals surface area contributed by atoms with Crippen LogP contribution in [0.4, 0.5) is 0 Å². The van der Waals surface area contributed by atoms with E-state index in [0.29, 0.717) is 5.56 Å². The minimum atomic E-state index is -0.0579. The average Bonchev–Trinajstić information content (AvgIpc) is 2.28. The molecule has 0 radical (unpaired) electrons. The first kappa shape index (κ1) is 7.16. The lowest BCUT2D eigenvalue weighted by atomic mass is 10.1. The fraction of sp³-hybridized carbons (Fsp3) is 0.222. The van der Waals surface area contributed by atoms with Crippen molar-refractivity contribution in [3.05, 3.63) is 29.3 Å². The third kappa shape index (κ3) is 0.863. The topological polar surface area (TPSA) is 49.3 Å². The lowest BCUT2D eigenvalue weighted by Gasteiger charge is -2.02. The lowest BCUT2D eigenvalue weighted by molar-refractivity contribution is 0.0958. The summed E-state index contributed by atoms with van der Waals surface area (Å²) in [6, 6.07) is 4.80. The molecule has 1 aromatic rings. The van der Waals surface area contributed by atoms with Crippen molar-refractivity contribution in [1.82, 2.24) is 5.32 Å². The Morgan fingerprint density at radius 1 is 1.50 bits per heavy atom. The van der Waals surface area contributed by atoms with Crippen molar-refractivity contribution in [2.75, 3.05) is 0 Å². The molecule has 0 saturated heterocycles. The normalized spacial score (nSPS) is 20.4. The van der Waals surface area contributed by atoms with Crippen LogP contribution >= 0.6 is 0 Å². The van der Waals surface area contributed by atoms with Crippen LogP contribution in [0.1, 0.15) is 28.9 Å². The van der Waals surface area contributed by atoms with Gasteiger partial charge in [0.05, 0.1) is 6.04 Å². The van der Waals surface area contributed by atoms with Gasteiger partial charge in [0.15, 0.2) is 0 Å². The Bertz CT molecular complexity index is 346. The molecule has 0 saturated carbocycles. The summed E-state index contributed by atoms with van der Waals surface area (Å²) in [5.41, 5.74) is 1.54. The average molecular weight is 163 g/mol. The molecule has 0 spiro atoms. The van der Waals surface area contributed by atoms with Gasteiger partial charge in [-0.15, -0.1) is 0 Å². The smallest absolute Gasteiger partial charge is 0.252 e. The Labute approximate surface area is 70.0 Å². The maximum atomic E-state index is 11.2. The Morgan fingerprint density at radius 2 is 2.25 bits per heavy atom. The van der Waals surface area contributed by atoms with Crippen molar-refractivity contribution >= 4 is 5.91 Å².